The van der Waals surface area contributed by atoms with Crippen molar-refractivity contribution in [2.45, 2.75) is 18.6 Å². The maximum Gasteiger partial charge on any atom is 0.248 e. The van der Waals surface area contributed by atoms with E-state index in [1.165, 1.54) is 5.06 Å². The Morgan fingerprint density at radius 3 is 2.71 bits per heavy atom. The van der Waals surface area contributed by atoms with E-state index in [-0.39, 0.29) is 11.5 Å². The van der Waals surface area contributed by atoms with Gasteiger partial charge in [-0.25, -0.2) is 10.0 Å². The van der Waals surface area contributed by atoms with Crippen molar-refractivity contribution >= 4 is 16.9 Å². The molecule has 0 saturated carbocycles. The van der Waals surface area contributed by atoms with E-state index in [1.807, 2.05) is 25.2 Å². The fraction of sp³-hybridized carbons (Fsp3) is 0.467. The molecule has 110 valence electrons. The summed E-state index contributed by atoms with van der Waals surface area (Å²) >= 11 is 0. The second-order valence-electron chi connectivity index (χ2n) is 6.06. The second-order valence-corrected chi connectivity index (χ2v) is 6.06. The Labute approximate surface area is 122 Å². The molecule has 6 nitrogen and oxygen atoms in total. The highest BCUT2D eigenvalue weighted by molar-refractivity contribution is 5.78. The van der Waals surface area contributed by atoms with Gasteiger partial charge in [0.2, 0.25) is 5.91 Å². The fourth-order valence-corrected chi connectivity index (χ4v) is 3.35. The van der Waals surface area contributed by atoms with Gasteiger partial charge in [0.05, 0.1) is 24.0 Å². The summed E-state index contributed by atoms with van der Waals surface area (Å²) < 4.78 is 2.13. The summed E-state index contributed by atoms with van der Waals surface area (Å²) in [4.78, 5) is 24.2. The largest absolute Gasteiger partial charge is 0.330 e. The summed E-state index contributed by atoms with van der Waals surface area (Å²) in [6.45, 7) is 2.35. The van der Waals surface area contributed by atoms with Crippen LogP contribution in [0.2, 0.25) is 0 Å². The van der Waals surface area contributed by atoms with Crippen molar-refractivity contribution in [2.75, 3.05) is 20.1 Å². The first-order valence-corrected chi connectivity index (χ1v) is 7.15. The van der Waals surface area contributed by atoms with Crippen LogP contribution in [-0.4, -0.2) is 51.2 Å². The molecule has 0 unspecified atom stereocenters. The zero-order valence-electron chi connectivity index (χ0n) is 12.2. The summed E-state index contributed by atoms with van der Waals surface area (Å²) in [6, 6.07) is 8.15. The minimum Gasteiger partial charge on any atom is -0.330 e. The molecule has 2 aromatic rings. The molecule has 0 atom stereocenters. The molecular weight excluding hydrogens is 268 g/mol. The van der Waals surface area contributed by atoms with Gasteiger partial charge in [0.15, 0.2) is 0 Å². The van der Waals surface area contributed by atoms with Gasteiger partial charge in [-0.05, 0) is 12.1 Å². The molecule has 2 aliphatic heterocycles. The molecule has 2 aliphatic rings. The van der Waals surface area contributed by atoms with Gasteiger partial charge >= 0.3 is 0 Å². The number of hydrogen-bond donors (Lipinski definition) is 0. The van der Waals surface area contributed by atoms with E-state index in [2.05, 4.69) is 20.5 Å². The molecule has 6 heteroatoms. The minimum absolute atomic E-state index is 0.0670. The lowest BCUT2D eigenvalue weighted by molar-refractivity contribution is -0.228. The highest BCUT2D eigenvalue weighted by Crippen LogP contribution is 2.35. The first kappa shape index (κ1) is 12.8. The van der Waals surface area contributed by atoms with Crippen LogP contribution in [-0.2, 0) is 23.2 Å². The number of hydrogen-bond acceptors (Lipinski definition) is 4. The molecule has 0 aliphatic carbocycles. The molecule has 1 aromatic carbocycles. The molecule has 21 heavy (non-hydrogen) atoms. The zero-order valence-corrected chi connectivity index (χ0v) is 12.2. The Bertz CT molecular complexity index is 718. The summed E-state index contributed by atoms with van der Waals surface area (Å²) in [6.07, 6.45) is 0.489. The summed E-state index contributed by atoms with van der Waals surface area (Å²) in [5.74, 6) is 1.11. The van der Waals surface area contributed by atoms with Crippen molar-refractivity contribution in [1.82, 2.24) is 19.5 Å². The number of fused-ring (bicyclic) bond motifs is 1. The number of imidazole rings is 1. The smallest absolute Gasteiger partial charge is 0.248 e. The lowest BCUT2D eigenvalue weighted by Crippen LogP contribution is -2.61. The Kier molecular flexibility index (Phi) is 2.61. The first-order valence-electron chi connectivity index (χ1n) is 7.15. The normalized spacial score (nSPS) is 21.4. The second kappa shape index (κ2) is 4.29. The van der Waals surface area contributed by atoms with Crippen LogP contribution in [0.5, 0.6) is 0 Å². The molecule has 3 heterocycles. The van der Waals surface area contributed by atoms with Crippen LogP contribution in [0.3, 0.4) is 0 Å². The molecule has 4 rings (SSSR count). The SMILES string of the molecule is CN1OC2(CC1=O)CN(Cc1nc3ccccc3n1C)C2. The number of carbonyl (C=O) groups is 1. The molecule has 1 spiro atoms. The molecule has 0 N–H and O–H groups in total. The van der Waals surface area contributed by atoms with Crippen LogP contribution in [0.25, 0.3) is 11.0 Å². The van der Waals surface area contributed by atoms with Gasteiger partial charge in [0, 0.05) is 27.2 Å². The van der Waals surface area contributed by atoms with Gasteiger partial charge in [-0.3, -0.25) is 14.5 Å². The Balaban J connectivity index is 1.48. The van der Waals surface area contributed by atoms with Crippen LogP contribution in [0.1, 0.15) is 12.2 Å². The Hall–Kier alpha value is -1.92. The van der Waals surface area contributed by atoms with Crippen LogP contribution in [0, 0.1) is 0 Å². The first-order chi connectivity index (χ1) is 10.1. The maximum atomic E-state index is 11.6. The fourth-order valence-electron chi connectivity index (χ4n) is 3.35. The Morgan fingerprint density at radius 1 is 1.29 bits per heavy atom. The molecule has 1 aromatic heterocycles. The third-order valence-corrected chi connectivity index (χ3v) is 4.42. The van der Waals surface area contributed by atoms with Crippen molar-refractivity contribution < 1.29 is 9.63 Å². The van der Waals surface area contributed by atoms with E-state index in [1.54, 1.807) is 7.05 Å². The van der Waals surface area contributed by atoms with Gasteiger partial charge in [-0.1, -0.05) is 12.1 Å². The number of likely N-dealkylation sites (tertiary alicyclic amines) is 1. The Morgan fingerprint density at radius 2 is 2.05 bits per heavy atom. The van der Waals surface area contributed by atoms with Gasteiger partial charge in [-0.15, -0.1) is 0 Å². The monoisotopic (exact) mass is 286 g/mol. The average Bonchev–Trinajstić information content (AvgIpc) is 2.89. The third-order valence-electron chi connectivity index (χ3n) is 4.42. The van der Waals surface area contributed by atoms with E-state index in [9.17, 15) is 4.79 Å². The molecule has 0 radical (unpaired) electrons. The zero-order chi connectivity index (χ0) is 14.6. The molecular formula is C15H18N4O2. The summed E-state index contributed by atoms with van der Waals surface area (Å²) in [5, 5.41) is 1.37. The van der Waals surface area contributed by atoms with Crippen LogP contribution >= 0.6 is 0 Å². The van der Waals surface area contributed by atoms with Gasteiger partial charge in [0.1, 0.15) is 11.4 Å². The predicted molar refractivity (Wildman–Crippen MR) is 77.2 cm³/mol. The van der Waals surface area contributed by atoms with Crippen LogP contribution in [0.4, 0.5) is 0 Å². The topological polar surface area (TPSA) is 50.6 Å². The summed E-state index contributed by atoms with van der Waals surface area (Å²) in [7, 11) is 3.73. The third kappa shape index (κ3) is 1.94. The number of rotatable bonds is 2. The molecule has 2 saturated heterocycles. The molecule has 2 fully saturated rings. The van der Waals surface area contributed by atoms with Crippen molar-refractivity contribution in [3.8, 4) is 0 Å². The van der Waals surface area contributed by atoms with E-state index < -0.39 is 0 Å². The minimum atomic E-state index is -0.295. The lowest BCUT2D eigenvalue weighted by atomic mass is 9.91. The number of benzene rings is 1. The van der Waals surface area contributed by atoms with Crippen LogP contribution < -0.4 is 0 Å². The van der Waals surface area contributed by atoms with Crippen molar-refractivity contribution in [3.63, 3.8) is 0 Å². The number of carbonyl (C=O) groups excluding carboxylic acids is 1. The standard InChI is InChI=1S/C15H18N4O2/c1-17-12-6-4-3-5-11(12)16-13(17)8-19-9-15(10-19)7-14(20)18(2)21-15/h3-6H,7-10H2,1-2H3. The number of aryl methyl sites for hydroxylation is 1. The lowest BCUT2D eigenvalue weighted by Gasteiger charge is -2.45. The highest BCUT2D eigenvalue weighted by Gasteiger charge is 2.52. The van der Waals surface area contributed by atoms with E-state index in [0.717, 1.165) is 36.5 Å². The van der Waals surface area contributed by atoms with E-state index in [4.69, 9.17) is 4.84 Å². The quantitative estimate of drug-likeness (QED) is 0.824. The molecule has 1 amide bonds. The number of hydroxylamine groups is 2. The number of nitrogens with zero attached hydrogens (tertiary/aromatic N) is 4. The number of aromatic nitrogens is 2. The van der Waals surface area contributed by atoms with Crippen molar-refractivity contribution in [1.29, 1.82) is 0 Å². The molecule has 0 bridgehead atoms. The van der Waals surface area contributed by atoms with Crippen LogP contribution in [0.15, 0.2) is 24.3 Å². The van der Waals surface area contributed by atoms with Gasteiger partial charge in [0.25, 0.3) is 0 Å². The highest BCUT2D eigenvalue weighted by atomic mass is 16.7. The van der Waals surface area contributed by atoms with Gasteiger partial charge < -0.3 is 4.57 Å². The van der Waals surface area contributed by atoms with Crippen molar-refractivity contribution in [2.24, 2.45) is 7.05 Å². The number of para-hydroxylation sites is 2. The summed E-state index contributed by atoms with van der Waals surface area (Å²) in [5.41, 5.74) is 1.88. The van der Waals surface area contributed by atoms with E-state index in [0.29, 0.717) is 6.42 Å². The maximum absolute atomic E-state index is 11.6. The number of amides is 1. The van der Waals surface area contributed by atoms with Gasteiger partial charge in [-0.2, -0.15) is 0 Å². The predicted octanol–water partition coefficient (Wildman–Crippen LogP) is 0.921. The van der Waals surface area contributed by atoms with E-state index >= 15 is 0 Å². The van der Waals surface area contributed by atoms with Crippen molar-refractivity contribution in [3.05, 3.63) is 30.1 Å². The average molecular weight is 286 g/mol.